The van der Waals surface area contributed by atoms with Crippen LogP contribution >= 0.6 is 0 Å². The van der Waals surface area contributed by atoms with Gasteiger partial charge in [-0.25, -0.2) is 9.59 Å². The van der Waals surface area contributed by atoms with Crippen LogP contribution in [0, 0.1) is 16.7 Å². The van der Waals surface area contributed by atoms with Gasteiger partial charge in [-0.2, -0.15) is 0 Å². The Balaban J connectivity index is 1.41. The molecular weight excluding hydrogens is 831 g/mol. The number of aliphatic hydroxyl groups excluding tert-OH is 1. The Morgan fingerprint density at radius 3 is 1.98 bits per heavy atom. The van der Waals surface area contributed by atoms with Gasteiger partial charge >= 0.3 is 23.9 Å². The van der Waals surface area contributed by atoms with Crippen molar-refractivity contribution >= 4 is 42.0 Å². The normalized spacial score (nSPS) is 31.1. The second kappa shape index (κ2) is 17.4. The molecule has 16 heteroatoms. The smallest absolute Gasteiger partial charge is 0.338 e. The van der Waals surface area contributed by atoms with E-state index in [-0.39, 0.29) is 41.8 Å². The maximum absolute atomic E-state index is 15.7. The number of carbonyl (C=O) groups is 7. The van der Waals surface area contributed by atoms with Crippen LogP contribution in [-0.4, -0.2) is 107 Å². The molecule has 1 aliphatic heterocycles. The molecule has 64 heavy (non-hydrogen) atoms. The molecule has 16 nitrogen and oxygen atoms in total. The maximum Gasteiger partial charge on any atom is 0.338 e. The van der Waals surface area contributed by atoms with Gasteiger partial charge in [-0.15, -0.1) is 0 Å². The number of ketones is 1. The van der Waals surface area contributed by atoms with Gasteiger partial charge in [0, 0.05) is 37.7 Å². The number of hydrogen-bond donors (Lipinski definition) is 3. The van der Waals surface area contributed by atoms with Crippen molar-refractivity contribution in [2.45, 2.75) is 108 Å². The second-order valence-corrected chi connectivity index (χ2v) is 17.6. The van der Waals surface area contributed by atoms with Crippen molar-refractivity contribution < 1.29 is 72.2 Å². The first-order valence-electron chi connectivity index (χ1n) is 20.9. The first-order chi connectivity index (χ1) is 30.3. The Hall–Kier alpha value is -6.23. The van der Waals surface area contributed by atoms with Gasteiger partial charge in [0.1, 0.15) is 30.0 Å². The minimum Gasteiger partial charge on any atom is -0.463 e. The highest BCUT2D eigenvalue weighted by Gasteiger charge is 2.79. The van der Waals surface area contributed by atoms with Crippen LogP contribution in [0.1, 0.15) is 86.7 Å². The van der Waals surface area contributed by atoms with Crippen LogP contribution in [0.5, 0.6) is 0 Å². The average molecular weight is 882 g/mol. The van der Waals surface area contributed by atoms with Crippen molar-refractivity contribution in [1.82, 2.24) is 5.32 Å². The van der Waals surface area contributed by atoms with E-state index in [4.69, 9.17) is 28.4 Å². The van der Waals surface area contributed by atoms with Gasteiger partial charge in [0.15, 0.2) is 23.6 Å². The molecule has 2 bridgehead atoms. The molecule has 338 valence electrons. The zero-order valence-electron chi connectivity index (χ0n) is 36.2. The highest BCUT2D eigenvalue weighted by molar-refractivity contribution is 5.96. The van der Waals surface area contributed by atoms with Crippen LogP contribution in [0.25, 0.3) is 0 Å². The summed E-state index contributed by atoms with van der Waals surface area (Å²) in [6.07, 6.45) is -10.5. The molecule has 11 atom stereocenters. The Morgan fingerprint density at radius 1 is 0.844 bits per heavy atom. The number of aliphatic hydroxyl groups is 2. The fraction of sp³-hybridized carbons (Fsp3) is 0.438. The van der Waals surface area contributed by atoms with Gasteiger partial charge in [-0.1, -0.05) is 80.6 Å². The summed E-state index contributed by atoms with van der Waals surface area (Å²) < 4.78 is 36.1. The van der Waals surface area contributed by atoms with Crippen molar-refractivity contribution in [3.63, 3.8) is 0 Å². The Morgan fingerprint density at radius 2 is 1.44 bits per heavy atom. The fourth-order valence-corrected chi connectivity index (χ4v) is 10.4. The van der Waals surface area contributed by atoms with E-state index < -0.39 is 113 Å². The Labute approximate surface area is 369 Å². The molecule has 3 aromatic rings. The topological polar surface area (TPSA) is 227 Å². The summed E-state index contributed by atoms with van der Waals surface area (Å²) in [7, 11) is 0. The van der Waals surface area contributed by atoms with Crippen molar-refractivity contribution in [2.75, 3.05) is 6.61 Å². The number of amides is 1. The zero-order chi connectivity index (χ0) is 46.4. The van der Waals surface area contributed by atoms with Crippen molar-refractivity contribution in [3.8, 4) is 0 Å². The number of Topliss-reactive ketones (excluding diaryl/α,β-unsaturated/α-hetero) is 1. The molecule has 1 saturated heterocycles. The predicted octanol–water partition coefficient (Wildman–Crippen LogP) is 3.92. The summed E-state index contributed by atoms with van der Waals surface area (Å²) in [6, 6.07) is 22.8. The minimum atomic E-state index is -2.43. The van der Waals surface area contributed by atoms with Gasteiger partial charge in [0.2, 0.25) is 0 Å². The van der Waals surface area contributed by atoms with Crippen molar-refractivity contribution in [3.05, 3.63) is 119 Å². The molecule has 0 spiro atoms. The molecule has 1 heterocycles. The Bertz CT molecular complexity index is 2350. The summed E-state index contributed by atoms with van der Waals surface area (Å²) >= 11 is 0. The van der Waals surface area contributed by atoms with Crippen LogP contribution in [0.2, 0.25) is 0 Å². The van der Waals surface area contributed by atoms with E-state index in [1.165, 1.54) is 26.0 Å². The second-order valence-electron chi connectivity index (χ2n) is 17.6. The molecular formula is C48H51NO15. The first-order valence-corrected chi connectivity index (χ1v) is 20.9. The lowest BCUT2D eigenvalue weighted by atomic mass is 9.44. The van der Waals surface area contributed by atoms with E-state index in [1.54, 1.807) is 92.7 Å². The standard InChI is InChI=1S/C48H51NO15/c1-26-32(62-44(57)37(53)36(29-16-10-7-11-17-29)49-42(55)30-18-12-8-13-19-30)23-48(58)41(63-43(56)31-20-14-9-15-21-31)39-46(6,40(54)38(61-27(2)51)35(26)45(48,4)5)33(60-25-50)22-34-47(39,24-59-34)64-28(3)52/h7-21,25,32-34,36-39,41,53,58H,22-24H2,1-6H3,(H,49,55)/t32?,33-,34?,36-,37+,38+,39-,41-,46+,47-,48+/m0/s1. The molecule has 1 amide bonds. The molecule has 3 fully saturated rings. The largest absolute Gasteiger partial charge is 0.463 e. The number of esters is 4. The highest BCUT2D eigenvalue weighted by atomic mass is 16.6. The summed E-state index contributed by atoms with van der Waals surface area (Å²) in [5.74, 6) is -6.96. The lowest BCUT2D eigenvalue weighted by Crippen LogP contribution is -2.82. The van der Waals surface area contributed by atoms with Crippen LogP contribution in [0.15, 0.2) is 102 Å². The molecule has 3 aliphatic carbocycles. The van der Waals surface area contributed by atoms with E-state index in [1.807, 2.05) is 0 Å². The molecule has 0 aromatic heterocycles. The number of ether oxygens (including phenoxy) is 6. The van der Waals surface area contributed by atoms with E-state index in [9.17, 15) is 39.0 Å². The third kappa shape index (κ3) is 7.66. The van der Waals surface area contributed by atoms with E-state index in [0.717, 1.165) is 13.8 Å². The molecule has 0 radical (unpaired) electrons. The lowest BCUT2D eigenvalue weighted by molar-refractivity contribution is -0.345. The minimum absolute atomic E-state index is 0.0236. The van der Waals surface area contributed by atoms with E-state index >= 15 is 4.79 Å². The number of fused-ring (bicyclic) bond motifs is 5. The summed E-state index contributed by atoms with van der Waals surface area (Å²) in [5, 5.41) is 28.3. The van der Waals surface area contributed by atoms with Crippen LogP contribution < -0.4 is 5.32 Å². The van der Waals surface area contributed by atoms with Gasteiger partial charge in [-0.05, 0) is 54.8 Å². The van der Waals surface area contributed by atoms with Gasteiger partial charge < -0.3 is 44.0 Å². The first kappa shape index (κ1) is 45.8. The number of rotatable bonds is 12. The lowest BCUT2D eigenvalue weighted by Gasteiger charge is -2.67. The summed E-state index contributed by atoms with van der Waals surface area (Å²) in [4.78, 5) is 96.3. The molecule has 2 unspecified atom stereocenters. The van der Waals surface area contributed by atoms with Crippen molar-refractivity contribution in [2.24, 2.45) is 16.7 Å². The maximum atomic E-state index is 15.7. The quantitative estimate of drug-likeness (QED) is 0.101. The number of hydrogen-bond acceptors (Lipinski definition) is 15. The van der Waals surface area contributed by atoms with E-state index in [0.29, 0.717) is 5.56 Å². The third-order valence-electron chi connectivity index (χ3n) is 13.7. The van der Waals surface area contributed by atoms with Gasteiger partial charge in [-0.3, -0.25) is 24.0 Å². The highest BCUT2D eigenvalue weighted by Crippen LogP contribution is 2.65. The third-order valence-corrected chi connectivity index (χ3v) is 13.7. The molecule has 3 aromatic carbocycles. The van der Waals surface area contributed by atoms with E-state index in [2.05, 4.69) is 5.32 Å². The molecule has 7 rings (SSSR count). The van der Waals surface area contributed by atoms with Crippen LogP contribution in [0.3, 0.4) is 0 Å². The van der Waals surface area contributed by atoms with Crippen LogP contribution in [0.4, 0.5) is 0 Å². The number of carbonyl (C=O) groups excluding carboxylic acids is 7. The molecule has 4 aliphatic rings. The monoisotopic (exact) mass is 881 g/mol. The van der Waals surface area contributed by atoms with Crippen LogP contribution in [-0.2, 0) is 52.4 Å². The fourth-order valence-electron chi connectivity index (χ4n) is 10.4. The molecule has 3 N–H and O–H groups in total. The number of benzene rings is 3. The van der Waals surface area contributed by atoms with Gasteiger partial charge in [0.25, 0.3) is 12.4 Å². The predicted molar refractivity (Wildman–Crippen MR) is 223 cm³/mol. The van der Waals surface area contributed by atoms with Crippen molar-refractivity contribution in [1.29, 1.82) is 0 Å². The zero-order valence-corrected chi connectivity index (χ0v) is 36.2. The molecule has 2 saturated carbocycles. The van der Waals surface area contributed by atoms with Gasteiger partial charge in [0.05, 0.1) is 29.5 Å². The summed E-state index contributed by atoms with van der Waals surface area (Å²) in [6.45, 7) is 8.05. The SMILES string of the molecule is CC(=O)O[C@H]1C(=O)[C@]2(C)[C@@H](OC=O)CC3OC[C@@]3(OC(C)=O)[C@H]2[C@H](OC(=O)c2ccccc2)[C@]2(O)CC(OC(=O)[C@H](O)[C@@H](NC(=O)c3ccccc3)c3ccccc3)C(C)=C1C2(C)C. The summed E-state index contributed by atoms with van der Waals surface area (Å²) in [5.41, 5.74) is -7.20. The number of nitrogens with one attached hydrogen (secondary N) is 1. The Kier molecular flexibility index (Phi) is 12.4. The average Bonchev–Trinajstić information content (AvgIpc) is 3.26.